The fourth-order valence-corrected chi connectivity index (χ4v) is 3.82. The van der Waals surface area contributed by atoms with E-state index >= 15 is 0 Å². The first kappa shape index (κ1) is 22.3. The summed E-state index contributed by atoms with van der Waals surface area (Å²) in [7, 11) is 0. The van der Waals surface area contributed by atoms with Crippen LogP contribution in [-0.4, -0.2) is 31.5 Å². The van der Waals surface area contributed by atoms with Crippen molar-refractivity contribution in [1.82, 2.24) is 19.9 Å². The number of alkyl halides is 2. The molecule has 7 nitrogen and oxygen atoms in total. The SMILES string of the molecule is CC(C)(C)OC(=O)Cn1nc(-c2nc(C3(c4ccc(F)cc4Cl)CC3)no2)cc1C(F)F. The minimum atomic E-state index is -2.88. The molecule has 0 amide bonds. The average molecular weight is 469 g/mol. The predicted octanol–water partition coefficient (Wildman–Crippen LogP) is 5.08. The maximum absolute atomic E-state index is 13.5. The first-order chi connectivity index (χ1) is 15.0. The number of ether oxygens (including phenoxy) is 1. The van der Waals surface area contributed by atoms with Gasteiger partial charge >= 0.3 is 5.97 Å². The van der Waals surface area contributed by atoms with Gasteiger partial charge in [0.25, 0.3) is 12.3 Å². The fourth-order valence-electron chi connectivity index (χ4n) is 3.47. The van der Waals surface area contributed by atoms with Crippen LogP contribution in [0, 0.1) is 5.82 Å². The molecule has 1 aliphatic rings. The van der Waals surface area contributed by atoms with Crippen LogP contribution >= 0.6 is 11.6 Å². The Morgan fingerprint density at radius 2 is 2.03 bits per heavy atom. The lowest BCUT2D eigenvalue weighted by Gasteiger charge is -2.19. The Hall–Kier alpha value is -2.88. The summed E-state index contributed by atoms with van der Waals surface area (Å²) in [6, 6.07) is 5.18. The van der Waals surface area contributed by atoms with Crippen LogP contribution < -0.4 is 0 Å². The zero-order valence-corrected chi connectivity index (χ0v) is 18.3. The highest BCUT2D eigenvalue weighted by atomic mass is 35.5. The highest BCUT2D eigenvalue weighted by molar-refractivity contribution is 6.31. The van der Waals surface area contributed by atoms with E-state index in [1.54, 1.807) is 26.8 Å². The maximum Gasteiger partial charge on any atom is 0.328 e. The molecule has 2 heterocycles. The van der Waals surface area contributed by atoms with E-state index < -0.39 is 41.5 Å². The van der Waals surface area contributed by atoms with E-state index in [0.29, 0.717) is 24.2 Å². The third-order valence-corrected chi connectivity index (χ3v) is 5.32. The molecule has 0 N–H and O–H groups in total. The highest BCUT2D eigenvalue weighted by Gasteiger charge is 2.51. The Bertz CT molecular complexity index is 1170. The number of carbonyl (C=O) groups excluding carboxylic acids is 1. The number of benzene rings is 1. The second-order valence-electron chi connectivity index (χ2n) is 8.63. The van der Waals surface area contributed by atoms with Crippen LogP contribution in [0.1, 0.15) is 57.1 Å². The molecule has 0 spiro atoms. The largest absolute Gasteiger partial charge is 0.459 e. The minimum Gasteiger partial charge on any atom is -0.459 e. The standard InChI is InChI=1S/C21H20ClF3N4O3/c1-20(2,3)31-16(30)10-29-15(17(24)25)9-14(27-29)18-26-19(28-32-18)21(6-7-21)12-5-4-11(23)8-13(12)22/h4-5,8-9,17H,6-7,10H2,1-3H3. The van der Waals surface area contributed by atoms with Crippen molar-refractivity contribution in [2.45, 2.75) is 57.6 Å². The van der Waals surface area contributed by atoms with Gasteiger partial charge in [-0.3, -0.25) is 9.48 Å². The fraction of sp³-hybridized carbons (Fsp3) is 0.429. The summed E-state index contributed by atoms with van der Waals surface area (Å²) in [4.78, 5) is 16.4. The van der Waals surface area contributed by atoms with Crippen molar-refractivity contribution in [2.75, 3.05) is 0 Å². The monoisotopic (exact) mass is 468 g/mol. The highest BCUT2D eigenvalue weighted by Crippen LogP contribution is 2.54. The van der Waals surface area contributed by atoms with Crippen molar-refractivity contribution in [3.8, 4) is 11.6 Å². The number of hydrogen-bond donors (Lipinski definition) is 0. The van der Waals surface area contributed by atoms with E-state index in [1.165, 1.54) is 12.1 Å². The van der Waals surface area contributed by atoms with Crippen molar-refractivity contribution in [2.24, 2.45) is 0 Å². The Morgan fingerprint density at radius 3 is 2.62 bits per heavy atom. The van der Waals surface area contributed by atoms with Crippen molar-refractivity contribution < 1.29 is 27.2 Å². The van der Waals surface area contributed by atoms with Crippen LogP contribution in [0.4, 0.5) is 13.2 Å². The number of esters is 1. The molecule has 0 radical (unpaired) electrons. The van der Waals surface area contributed by atoms with E-state index in [2.05, 4.69) is 15.2 Å². The molecule has 1 fully saturated rings. The second kappa shape index (κ2) is 7.91. The average Bonchev–Trinajstić information content (AvgIpc) is 3.12. The van der Waals surface area contributed by atoms with Gasteiger partial charge in [0.1, 0.15) is 23.7 Å². The van der Waals surface area contributed by atoms with Crippen LogP contribution in [0.2, 0.25) is 5.02 Å². The first-order valence-corrected chi connectivity index (χ1v) is 10.2. The van der Waals surface area contributed by atoms with E-state index in [4.69, 9.17) is 20.9 Å². The normalized spacial score (nSPS) is 15.2. The summed E-state index contributed by atoms with van der Waals surface area (Å²) in [6.07, 6.45) is -1.53. The van der Waals surface area contributed by atoms with E-state index in [-0.39, 0.29) is 16.6 Å². The molecule has 1 saturated carbocycles. The Balaban J connectivity index is 1.62. The minimum absolute atomic E-state index is 0.00334. The summed E-state index contributed by atoms with van der Waals surface area (Å²) >= 11 is 6.21. The van der Waals surface area contributed by atoms with Gasteiger partial charge in [0.15, 0.2) is 11.5 Å². The molecule has 0 aliphatic heterocycles. The van der Waals surface area contributed by atoms with Gasteiger partial charge in [-0.2, -0.15) is 10.1 Å². The molecular weight excluding hydrogens is 449 g/mol. The van der Waals surface area contributed by atoms with Gasteiger partial charge in [-0.1, -0.05) is 22.8 Å². The van der Waals surface area contributed by atoms with E-state index in [9.17, 15) is 18.0 Å². The van der Waals surface area contributed by atoms with Crippen molar-refractivity contribution in [3.05, 3.63) is 52.2 Å². The zero-order chi connectivity index (χ0) is 23.3. The lowest BCUT2D eigenvalue weighted by Crippen LogP contribution is -2.27. The van der Waals surface area contributed by atoms with E-state index in [0.717, 1.165) is 10.7 Å². The number of halogens is 4. The molecule has 0 atom stereocenters. The number of rotatable bonds is 6. The molecule has 11 heteroatoms. The molecule has 3 aromatic rings. The Kier molecular flexibility index (Phi) is 5.52. The van der Waals surface area contributed by atoms with Crippen LogP contribution in [0.15, 0.2) is 28.8 Å². The summed E-state index contributed by atoms with van der Waals surface area (Å²) in [5, 5.41) is 8.29. The summed E-state index contributed by atoms with van der Waals surface area (Å²) in [5.74, 6) is -0.933. The first-order valence-electron chi connectivity index (χ1n) is 9.86. The molecule has 32 heavy (non-hydrogen) atoms. The maximum atomic E-state index is 13.5. The molecule has 1 aliphatic carbocycles. The predicted molar refractivity (Wildman–Crippen MR) is 108 cm³/mol. The molecule has 0 unspecified atom stereocenters. The van der Waals surface area contributed by atoms with E-state index in [1.807, 2.05) is 0 Å². The topological polar surface area (TPSA) is 83.0 Å². The molecule has 0 bridgehead atoms. The third kappa shape index (κ3) is 4.36. The van der Waals surface area contributed by atoms with Crippen molar-refractivity contribution in [3.63, 3.8) is 0 Å². The Morgan fingerprint density at radius 1 is 1.31 bits per heavy atom. The lowest BCUT2D eigenvalue weighted by molar-refractivity contribution is -0.155. The third-order valence-electron chi connectivity index (χ3n) is 5.00. The molecule has 170 valence electrons. The van der Waals surface area contributed by atoms with Crippen LogP contribution in [-0.2, 0) is 21.5 Å². The van der Waals surface area contributed by atoms with Gasteiger partial charge in [0.2, 0.25) is 0 Å². The van der Waals surface area contributed by atoms with Crippen molar-refractivity contribution >= 4 is 17.6 Å². The molecule has 2 aromatic heterocycles. The van der Waals surface area contributed by atoms with Gasteiger partial charge in [-0.25, -0.2) is 13.2 Å². The Labute approximate surface area is 186 Å². The van der Waals surface area contributed by atoms with Gasteiger partial charge < -0.3 is 9.26 Å². The number of nitrogens with zero attached hydrogens (tertiary/aromatic N) is 4. The van der Waals surface area contributed by atoms with Gasteiger partial charge in [-0.15, -0.1) is 0 Å². The quantitative estimate of drug-likeness (QED) is 0.469. The summed E-state index contributed by atoms with van der Waals surface area (Å²) in [6.45, 7) is 4.53. The van der Waals surface area contributed by atoms with Crippen LogP contribution in [0.5, 0.6) is 0 Å². The molecule has 4 rings (SSSR count). The zero-order valence-electron chi connectivity index (χ0n) is 17.5. The molecular formula is C21H20ClF3N4O3. The smallest absolute Gasteiger partial charge is 0.328 e. The van der Waals surface area contributed by atoms with Gasteiger partial charge in [0.05, 0.1) is 5.41 Å². The van der Waals surface area contributed by atoms with Gasteiger partial charge in [-0.05, 0) is 57.4 Å². The summed E-state index contributed by atoms with van der Waals surface area (Å²) < 4.78 is 51.8. The van der Waals surface area contributed by atoms with Crippen molar-refractivity contribution in [1.29, 1.82) is 0 Å². The lowest BCUT2D eigenvalue weighted by atomic mass is 9.95. The number of hydrogen-bond acceptors (Lipinski definition) is 6. The van der Waals surface area contributed by atoms with Crippen LogP contribution in [0.3, 0.4) is 0 Å². The van der Waals surface area contributed by atoms with Gasteiger partial charge in [0, 0.05) is 5.02 Å². The van der Waals surface area contributed by atoms with Crippen LogP contribution in [0.25, 0.3) is 11.6 Å². The number of aromatic nitrogens is 4. The second-order valence-corrected chi connectivity index (χ2v) is 9.04. The number of carbonyl (C=O) groups is 1. The molecule has 1 aromatic carbocycles. The summed E-state index contributed by atoms with van der Waals surface area (Å²) in [5.41, 5.74) is -1.20. The molecule has 0 saturated heterocycles.